The summed E-state index contributed by atoms with van der Waals surface area (Å²) in [5.41, 5.74) is -0.942. The van der Waals surface area contributed by atoms with Crippen molar-refractivity contribution in [1.82, 2.24) is 5.32 Å². The monoisotopic (exact) mass is 187 g/mol. The van der Waals surface area contributed by atoms with E-state index in [2.05, 4.69) is 5.32 Å². The van der Waals surface area contributed by atoms with Crippen LogP contribution >= 0.6 is 0 Å². The van der Waals surface area contributed by atoms with Crippen LogP contribution in [0.1, 0.15) is 20.8 Å². The fraction of sp³-hybridized carbons (Fsp3) is 0.889. The fourth-order valence-electron chi connectivity index (χ4n) is 0.980. The second-order valence-electron chi connectivity index (χ2n) is 4.64. The normalized spacial score (nSPS) is 20.6. The van der Waals surface area contributed by atoms with Crippen LogP contribution in [0.15, 0.2) is 0 Å². The molecular weight excluding hydrogens is 170 g/mol. The van der Waals surface area contributed by atoms with E-state index >= 15 is 0 Å². The Bertz CT molecular complexity index is 198. The molecular formula is C9H17NO3. The molecule has 0 saturated carbocycles. The molecule has 0 aliphatic carbocycles. The van der Waals surface area contributed by atoms with Crippen LogP contribution in [0, 0.1) is 5.41 Å². The summed E-state index contributed by atoms with van der Waals surface area (Å²) in [6, 6.07) is 0. The molecule has 4 nitrogen and oxygen atoms in total. The highest BCUT2D eigenvalue weighted by atomic mass is 16.5. The summed E-state index contributed by atoms with van der Waals surface area (Å²) >= 11 is 0. The second-order valence-corrected chi connectivity index (χ2v) is 4.64. The highest BCUT2D eigenvalue weighted by molar-refractivity contribution is 5.82. The quantitative estimate of drug-likeness (QED) is 0.635. The molecule has 0 aromatic heterocycles. The van der Waals surface area contributed by atoms with Crippen LogP contribution in [0.2, 0.25) is 0 Å². The minimum atomic E-state index is -0.523. The van der Waals surface area contributed by atoms with Crippen molar-refractivity contribution >= 4 is 5.91 Å². The first kappa shape index (κ1) is 10.5. The molecule has 1 heterocycles. The van der Waals surface area contributed by atoms with Crippen LogP contribution in [-0.2, 0) is 9.53 Å². The molecule has 1 fully saturated rings. The SMILES string of the molecule is CC(C)(C)C(=O)NC1(CO)COC1. The van der Waals surface area contributed by atoms with Gasteiger partial charge in [0.15, 0.2) is 0 Å². The van der Waals surface area contributed by atoms with Gasteiger partial charge in [-0.15, -0.1) is 0 Å². The maximum Gasteiger partial charge on any atom is 0.226 e. The van der Waals surface area contributed by atoms with E-state index in [-0.39, 0.29) is 12.5 Å². The van der Waals surface area contributed by atoms with Gasteiger partial charge in [-0.2, -0.15) is 0 Å². The number of hydrogen-bond acceptors (Lipinski definition) is 3. The molecule has 76 valence electrons. The number of aliphatic hydroxyl groups is 1. The zero-order valence-electron chi connectivity index (χ0n) is 8.39. The number of carbonyl (C=O) groups excluding carboxylic acids is 1. The maximum absolute atomic E-state index is 11.6. The summed E-state index contributed by atoms with van der Waals surface area (Å²) in [6.07, 6.45) is 0. The molecule has 0 unspecified atom stereocenters. The van der Waals surface area contributed by atoms with E-state index in [1.807, 2.05) is 20.8 Å². The lowest BCUT2D eigenvalue weighted by molar-refractivity contribution is -0.144. The summed E-state index contributed by atoms with van der Waals surface area (Å²) < 4.78 is 4.97. The Hall–Kier alpha value is -0.610. The largest absolute Gasteiger partial charge is 0.394 e. The summed E-state index contributed by atoms with van der Waals surface area (Å²) in [7, 11) is 0. The summed E-state index contributed by atoms with van der Waals surface area (Å²) in [5, 5.41) is 11.9. The summed E-state index contributed by atoms with van der Waals surface area (Å²) in [5.74, 6) is -0.0511. The van der Waals surface area contributed by atoms with Crippen LogP contribution < -0.4 is 5.32 Å². The summed E-state index contributed by atoms with van der Waals surface area (Å²) in [6.45, 7) is 6.28. The highest BCUT2D eigenvalue weighted by Crippen LogP contribution is 2.20. The van der Waals surface area contributed by atoms with Crippen LogP contribution in [-0.4, -0.2) is 36.4 Å². The molecule has 0 radical (unpaired) electrons. The van der Waals surface area contributed by atoms with Crippen molar-refractivity contribution < 1.29 is 14.6 Å². The fourth-order valence-corrected chi connectivity index (χ4v) is 0.980. The van der Waals surface area contributed by atoms with E-state index in [9.17, 15) is 4.79 Å². The number of hydrogen-bond donors (Lipinski definition) is 2. The van der Waals surface area contributed by atoms with Crippen molar-refractivity contribution in [3.8, 4) is 0 Å². The smallest absolute Gasteiger partial charge is 0.226 e. The van der Waals surface area contributed by atoms with Crippen molar-refractivity contribution in [3.63, 3.8) is 0 Å². The van der Waals surface area contributed by atoms with E-state index in [0.717, 1.165) is 0 Å². The van der Waals surface area contributed by atoms with E-state index in [4.69, 9.17) is 9.84 Å². The minimum absolute atomic E-state index is 0.0511. The van der Waals surface area contributed by atoms with Gasteiger partial charge in [-0.05, 0) is 0 Å². The third-order valence-corrected chi connectivity index (χ3v) is 2.12. The predicted molar refractivity (Wildman–Crippen MR) is 48.2 cm³/mol. The first-order chi connectivity index (χ1) is 5.90. The van der Waals surface area contributed by atoms with E-state index in [1.54, 1.807) is 0 Å². The molecule has 0 atom stereocenters. The van der Waals surface area contributed by atoms with Gasteiger partial charge in [-0.1, -0.05) is 20.8 Å². The van der Waals surface area contributed by atoms with Crippen LogP contribution in [0.5, 0.6) is 0 Å². The zero-order valence-corrected chi connectivity index (χ0v) is 8.39. The lowest BCUT2D eigenvalue weighted by Gasteiger charge is -2.41. The highest BCUT2D eigenvalue weighted by Gasteiger charge is 2.41. The van der Waals surface area contributed by atoms with Crippen LogP contribution in [0.4, 0.5) is 0 Å². The molecule has 2 N–H and O–H groups in total. The van der Waals surface area contributed by atoms with Crippen LogP contribution in [0.3, 0.4) is 0 Å². The Kier molecular flexibility index (Phi) is 2.63. The molecule has 4 heteroatoms. The van der Waals surface area contributed by atoms with Gasteiger partial charge in [0.05, 0.1) is 19.8 Å². The average molecular weight is 187 g/mol. The minimum Gasteiger partial charge on any atom is -0.394 e. The summed E-state index contributed by atoms with van der Waals surface area (Å²) in [4.78, 5) is 11.6. The Balaban J connectivity index is 2.52. The Morgan fingerprint density at radius 2 is 2.08 bits per heavy atom. The van der Waals surface area contributed by atoms with Gasteiger partial charge in [0.25, 0.3) is 0 Å². The molecule has 1 amide bonds. The first-order valence-corrected chi connectivity index (χ1v) is 4.41. The van der Waals surface area contributed by atoms with Crippen molar-refractivity contribution in [2.24, 2.45) is 5.41 Å². The number of nitrogens with one attached hydrogen (secondary N) is 1. The molecule has 1 aliphatic rings. The zero-order chi connectivity index (χ0) is 10.1. The van der Waals surface area contributed by atoms with Crippen molar-refractivity contribution in [3.05, 3.63) is 0 Å². The van der Waals surface area contributed by atoms with Gasteiger partial charge in [0, 0.05) is 5.41 Å². The molecule has 0 aromatic rings. The van der Waals surface area contributed by atoms with E-state index in [0.29, 0.717) is 13.2 Å². The lowest BCUT2D eigenvalue weighted by Crippen LogP contribution is -2.66. The number of amides is 1. The van der Waals surface area contributed by atoms with Gasteiger partial charge in [0.2, 0.25) is 5.91 Å². The Morgan fingerprint density at radius 3 is 2.31 bits per heavy atom. The van der Waals surface area contributed by atoms with E-state index < -0.39 is 11.0 Å². The number of aliphatic hydroxyl groups excluding tert-OH is 1. The molecule has 0 bridgehead atoms. The number of ether oxygens (including phenoxy) is 1. The molecule has 1 aliphatic heterocycles. The van der Waals surface area contributed by atoms with Gasteiger partial charge >= 0.3 is 0 Å². The second kappa shape index (κ2) is 3.27. The van der Waals surface area contributed by atoms with Crippen molar-refractivity contribution in [2.75, 3.05) is 19.8 Å². The average Bonchev–Trinajstić information content (AvgIpc) is 1.94. The van der Waals surface area contributed by atoms with Crippen LogP contribution in [0.25, 0.3) is 0 Å². The number of rotatable bonds is 2. The van der Waals surface area contributed by atoms with Gasteiger partial charge in [-0.25, -0.2) is 0 Å². The van der Waals surface area contributed by atoms with Crippen molar-refractivity contribution in [1.29, 1.82) is 0 Å². The third-order valence-electron chi connectivity index (χ3n) is 2.12. The Morgan fingerprint density at radius 1 is 1.54 bits per heavy atom. The molecule has 1 rings (SSSR count). The van der Waals surface area contributed by atoms with Gasteiger partial charge < -0.3 is 15.2 Å². The standard InChI is InChI=1S/C9H17NO3/c1-8(2,3)7(12)10-9(4-11)5-13-6-9/h11H,4-6H2,1-3H3,(H,10,12). The third kappa shape index (κ3) is 2.19. The molecule has 13 heavy (non-hydrogen) atoms. The van der Waals surface area contributed by atoms with E-state index in [1.165, 1.54) is 0 Å². The first-order valence-electron chi connectivity index (χ1n) is 4.41. The van der Waals surface area contributed by atoms with Crippen molar-refractivity contribution in [2.45, 2.75) is 26.3 Å². The topological polar surface area (TPSA) is 58.6 Å². The number of carbonyl (C=O) groups is 1. The maximum atomic E-state index is 11.6. The molecule has 1 saturated heterocycles. The molecule has 0 aromatic carbocycles. The predicted octanol–water partition coefficient (Wildman–Crippen LogP) is -0.0900. The lowest BCUT2D eigenvalue weighted by atomic mass is 9.91. The molecule has 0 spiro atoms. The van der Waals surface area contributed by atoms with Gasteiger partial charge in [-0.3, -0.25) is 4.79 Å². The Labute approximate surface area is 78.3 Å². The van der Waals surface area contributed by atoms with Gasteiger partial charge in [0.1, 0.15) is 5.54 Å².